The van der Waals surface area contributed by atoms with Gasteiger partial charge in [-0.25, -0.2) is 4.98 Å². The van der Waals surface area contributed by atoms with E-state index in [1.807, 2.05) is 18.7 Å². The first-order valence-electron chi connectivity index (χ1n) is 11.6. The van der Waals surface area contributed by atoms with Gasteiger partial charge in [0.2, 0.25) is 0 Å². The largest absolute Gasteiger partial charge is 0.357 e. The summed E-state index contributed by atoms with van der Waals surface area (Å²) in [6, 6.07) is 7.41. The number of aromatic nitrogens is 2. The number of unbranched alkanes of at least 4 members (excludes halogenated alkanes) is 1. The number of rotatable bonds is 7. The fourth-order valence-electron chi connectivity index (χ4n) is 4.53. The average molecular weight is 564 g/mol. The van der Waals surface area contributed by atoms with E-state index < -0.39 is 0 Å². The van der Waals surface area contributed by atoms with Crippen LogP contribution in [0.15, 0.2) is 48.0 Å². The molecule has 0 spiro atoms. The lowest BCUT2D eigenvalue weighted by Crippen LogP contribution is -2.49. The number of likely N-dealkylation sites (tertiary alicyclic amines) is 1. The molecule has 1 aromatic heterocycles. The van der Waals surface area contributed by atoms with Gasteiger partial charge in [-0.2, -0.15) is 0 Å². The van der Waals surface area contributed by atoms with Gasteiger partial charge < -0.3 is 14.8 Å². The summed E-state index contributed by atoms with van der Waals surface area (Å²) in [4.78, 5) is 37.7. The zero-order chi connectivity index (χ0) is 22.5. The normalized spacial score (nSPS) is 20.6. The Balaban J connectivity index is 0.00000306. The van der Waals surface area contributed by atoms with Crippen molar-refractivity contribution < 1.29 is 9.59 Å². The number of fused-ring (bicyclic) bond motifs is 1. The van der Waals surface area contributed by atoms with Crippen molar-refractivity contribution in [3.05, 3.63) is 54.1 Å². The predicted octanol–water partition coefficient (Wildman–Crippen LogP) is 3.43. The third-order valence-electron chi connectivity index (χ3n) is 6.39. The maximum absolute atomic E-state index is 12.5. The standard InChI is InChI=1S/C24H32N6O2.HI/c1-3-26-24(28-14-10-18(2)21(16-28)29-15-12-25-17-29)27-11-6-7-13-30-22(31)19-8-4-5-9-20(19)23(30)32;/h4-5,8-9,12,15,17-18,21H,3,6-7,10-11,13-14,16H2,1-2H3,(H,26,27);1H. The van der Waals surface area contributed by atoms with Crippen LogP contribution < -0.4 is 5.32 Å². The molecule has 0 radical (unpaired) electrons. The van der Waals surface area contributed by atoms with E-state index in [1.165, 1.54) is 4.90 Å². The Labute approximate surface area is 212 Å². The molecule has 0 bridgehead atoms. The maximum Gasteiger partial charge on any atom is 0.261 e. The second-order valence-corrected chi connectivity index (χ2v) is 8.54. The number of nitrogens with zero attached hydrogens (tertiary/aromatic N) is 5. The van der Waals surface area contributed by atoms with Crippen LogP contribution in [-0.4, -0.2) is 69.8 Å². The number of hydrogen-bond acceptors (Lipinski definition) is 4. The van der Waals surface area contributed by atoms with E-state index in [9.17, 15) is 9.59 Å². The third-order valence-corrected chi connectivity index (χ3v) is 6.39. The highest BCUT2D eigenvalue weighted by Crippen LogP contribution is 2.27. The van der Waals surface area contributed by atoms with Crippen molar-refractivity contribution in [2.75, 3.05) is 32.7 Å². The van der Waals surface area contributed by atoms with Crippen molar-refractivity contribution in [3.8, 4) is 0 Å². The van der Waals surface area contributed by atoms with Crippen LogP contribution in [0.1, 0.15) is 59.9 Å². The number of amides is 2. The molecule has 9 heteroatoms. The molecule has 2 aliphatic rings. The number of nitrogens with one attached hydrogen (secondary N) is 1. The molecule has 3 heterocycles. The van der Waals surface area contributed by atoms with Crippen LogP contribution in [-0.2, 0) is 0 Å². The van der Waals surface area contributed by atoms with Crippen LogP contribution in [0, 0.1) is 5.92 Å². The van der Waals surface area contributed by atoms with Crippen LogP contribution in [0.2, 0.25) is 0 Å². The summed E-state index contributed by atoms with van der Waals surface area (Å²) < 4.78 is 2.20. The predicted molar refractivity (Wildman–Crippen MR) is 139 cm³/mol. The SMILES string of the molecule is CCNC(=NCCCCN1C(=O)c2ccccc2C1=O)N1CCC(C)C(n2ccnc2)C1.I. The van der Waals surface area contributed by atoms with E-state index in [4.69, 9.17) is 4.99 Å². The van der Waals surface area contributed by atoms with Gasteiger partial charge in [0.05, 0.1) is 23.5 Å². The highest BCUT2D eigenvalue weighted by molar-refractivity contribution is 14.0. The molecule has 2 atom stereocenters. The summed E-state index contributed by atoms with van der Waals surface area (Å²) in [6.07, 6.45) is 8.43. The van der Waals surface area contributed by atoms with Gasteiger partial charge in [-0.05, 0) is 44.2 Å². The average Bonchev–Trinajstić information content (AvgIpc) is 3.42. The van der Waals surface area contributed by atoms with Gasteiger partial charge in [-0.3, -0.25) is 19.5 Å². The summed E-state index contributed by atoms with van der Waals surface area (Å²) in [5, 5.41) is 3.42. The van der Waals surface area contributed by atoms with E-state index in [0.717, 1.165) is 44.9 Å². The number of benzene rings is 1. The summed E-state index contributed by atoms with van der Waals surface area (Å²) in [7, 11) is 0. The second kappa shape index (κ2) is 11.6. The molecule has 1 aromatic carbocycles. The zero-order valence-electron chi connectivity index (χ0n) is 19.3. The highest BCUT2D eigenvalue weighted by Gasteiger charge is 2.34. The van der Waals surface area contributed by atoms with E-state index in [0.29, 0.717) is 36.2 Å². The molecule has 2 unspecified atom stereocenters. The molecular formula is C24H33IN6O2. The Morgan fingerprint density at radius 2 is 1.91 bits per heavy atom. The van der Waals surface area contributed by atoms with Crippen molar-refractivity contribution in [1.29, 1.82) is 0 Å². The van der Waals surface area contributed by atoms with E-state index in [-0.39, 0.29) is 35.8 Å². The number of piperidine rings is 1. The molecule has 1 fully saturated rings. The molecule has 8 nitrogen and oxygen atoms in total. The van der Waals surface area contributed by atoms with Gasteiger partial charge in [0.15, 0.2) is 5.96 Å². The zero-order valence-corrected chi connectivity index (χ0v) is 21.6. The number of imide groups is 1. The minimum Gasteiger partial charge on any atom is -0.357 e. The molecule has 2 aliphatic heterocycles. The number of imidazole rings is 1. The first-order valence-corrected chi connectivity index (χ1v) is 11.6. The van der Waals surface area contributed by atoms with Gasteiger partial charge >= 0.3 is 0 Å². The molecule has 2 aromatic rings. The summed E-state index contributed by atoms with van der Waals surface area (Å²) in [5.41, 5.74) is 1.02. The number of hydrogen-bond donors (Lipinski definition) is 1. The lowest BCUT2D eigenvalue weighted by atomic mass is 9.93. The molecule has 4 rings (SSSR count). The van der Waals surface area contributed by atoms with Crippen LogP contribution in [0.25, 0.3) is 0 Å². The minimum atomic E-state index is -0.185. The molecule has 33 heavy (non-hydrogen) atoms. The molecule has 1 N–H and O–H groups in total. The number of carbonyl (C=O) groups is 2. The Hall–Kier alpha value is -2.43. The van der Waals surface area contributed by atoms with Crippen LogP contribution in [0.3, 0.4) is 0 Å². The summed E-state index contributed by atoms with van der Waals surface area (Å²) in [5.74, 6) is 1.15. The van der Waals surface area contributed by atoms with Gasteiger partial charge in [-0.1, -0.05) is 19.1 Å². The fraction of sp³-hybridized carbons (Fsp3) is 0.500. The van der Waals surface area contributed by atoms with E-state index in [1.54, 1.807) is 24.3 Å². The maximum atomic E-state index is 12.5. The molecule has 178 valence electrons. The van der Waals surface area contributed by atoms with Gasteiger partial charge in [0.25, 0.3) is 11.8 Å². The van der Waals surface area contributed by atoms with E-state index >= 15 is 0 Å². The third kappa shape index (κ3) is 5.56. The van der Waals surface area contributed by atoms with Crippen molar-refractivity contribution >= 4 is 41.8 Å². The van der Waals surface area contributed by atoms with Crippen LogP contribution in [0.4, 0.5) is 0 Å². The van der Waals surface area contributed by atoms with Gasteiger partial charge in [0.1, 0.15) is 0 Å². The fourth-order valence-corrected chi connectivity index (χ4v) is 4.53. The summed E-state index contributed by atoms with van der Waals surface area (Å²) >= 11 is 0. The Morgan fingerprint density at radius 1 is 1.18 bits per heavy atom. The van der Waals surface area contributed by atoms with Crippen molar-refractivity contribution in [3.63, 3.8) is 0 Å². The first kappa shape index (κ1) is 25.2. The van der Waals surface area contributed by atoms with Crippen molar-refractivity contribution in [2.45, 2.75) is 39.2 Å². The highest BCUT2D eigenvalue weighted by atomic mass is 127. The number of guanidine groups is 1. The Morgan fingerprint density at radius 3 is 2.55 bits per heavy atom. The minimum absolute atomic E-state index is 0. The van der Waals surface area contributed by atoms with Crippen molar-refractivity contribution in [2.24, 2.45) is 10.9 Å². The van der Waals surface area contributed by atoms with E-state index in [2.05, 4.69) is 33.6 Å². The van der Waals surface area contributed by atoms with Gasteiger partial charge in [-0.15, -0.1) is 24.0 Å². The molecule has 0 saturated carbocycles. The molecule has 1 saturated heterocycles. The molecule has 2 amide bonds. The lowest BCUT2D eigenvalue weighted by molar-refractivity contribution is 0.0652. The molecule has 0 aliphatic carbocycles. The monoisotopic (exact) mass is 564 g/mol. The second-order valence-electron chi connectivity index (χ2n) is 8.54. The number of carbonyl (C=O) groups excluding carboxylic acids is 2. The quantitative estimate of drug-likeness (QED) is 0.183. The molecular weight excluding hydrogens is 531 g/mol. The van der Waals surface area contributed by atoms with Gasteiger partial charge in [0, 0.05) is 45.1 Å². The Bertz CT molecular complexity index is 942. The van der Waals surface area contributed by atoms with Crippen LogP contribution >= 0.6 is 24.0 Å². The first-order chi connectivity index (χ1) is 15.6. The Kier molecular flexibility index (Phi) is 8.87. The number of halogens is 1. The topological polar surface area (TPSA) is 82.8 Å². The smallest absolute Gasteiger partial charge is 0.261 e. The van der Waals surface area contributed by atoms with Crippen molar-refractivity contribution in [1.82, 2.24) is 24.7 Å². The van der Waals surface area contributed by atoms with Crippen LogP contribution in [0.5, 0.6) is 0 Å². The summed E-state index contributed by atoms with van der Waals surface area (Å²) in [6.45, 7) is 8.17. The lowest BCUT2D eigenvalue weighted by Gasteiger charge is -2.39. The number of aliphatic imine (C=N–C) groups is 1.